The third kappa shape index (κ3) is 4.48. The van der Waals surface area contributed by atoms with Gasteiger partial charge in [-0.1, -0.05) is 17.7 Å². The number of alkyl halides is 3. The molecule has 120 valence electrons. The average Bonchev–Trinajstić information content (AvgIpc) is 2.86. The van der Waals surface area contributed by atoms with E-state index in [1.165, 1.54) is 0 Å². The second-order valence-corrected chi connectivity index (χ2v) is 5.67. The maximum absolute atomic E-state index is 12.2. The molecule has 1 aromatic carbocycles. The summed E-state index contributed by atoms with van der Waals surface area (Å²) < 4.78 is 36.6. The Morgan fingerprint density at radius 3 is 2.77 bits per heavy atom. The predicted octanol–water partition coefficient (Wildman–Crippen LogP) is 2.79. The summed E-state index contributed by atoms with van der Waals surface area (Å²) >= 11 is 11.1. The van der Waals surface area contributed by atoms with Crippen LogP contribution < -0.4 is 10.6 Å². The summed E-state index contributed by atoms with van der Waals surface area (Å²) in [6.45, 7) is 0.698. The quantitative estimate of drug-likeness (QED) is 0.804. The van der Waals surface area contributed by atoms with Gasteiger partial charge in [0.25, 0.3) is 0 Å². The topological polar surface area (TPSA) is 44.4 Å². The van der Waals surface area contributed by atoms with Gasteiger partial charge in [-0.3, -0.25) is 4.79 Å². The molecule has 1 aromatic rings. The van der Waals surface area contributed by atoms with Gasteiger partial charge in [-0.2, -0.15) is 13.2 Å². The van der Waals surface area contributed by atoms with E-state index in [1.54, 1.807) is 29.2 Å². The predicted molar refractivity (Wildman–Crippen MR) is 81.8 cm³/mol. The summed E-state index contributed by atoms with van der Waals surface area (Å²) in [5.74, 6) is -1.92. The van der Waals surface area contributed by atoms with Crippen LogP contribution in [0.5, 0.6) is 0 Å². The molecule has 2 rings (SSSR count). The molecule has 0 saturated carbocycles. The van der Waals surface area contributed by atoms with Crippen LogP contribution in [0.25, 0.3) is 0 Å². The normalized spacial score (nSPS) is 18.2. The summed E-state index contributed by atoms with van der Waals surface area (Å²) in [4.78, 5) is 12.6. The fraction of sp³-hybridized carbons (Fsp3) is 0.385. The Kier molecular flexibility index (Phi) is 5.12. The van der Waals surface area contributed by atoms with Crippen molar-refractivity contribution in [2.24, 2.45) is 0 Å². The first-order valence-corrected chi connectivity index (χ1v) is 7.23. The maximum atomic E-state index is 12.2. The van der Waals surface area contributed by atoms with Crippen molar-refractivity contribution in [2.75, 3.05) is 18.4 Å². The van der Waals surface area contributed by atoms with Gasteiger partial charge in [0.2, 0.25) is 0 Å². The molecule has 4 nitrogen and oxygen atoms in total. The number of amides is 1. The van der Waals surface area contributed by atoms with Crippen molar-refractivity contribution in [1.82, 2.24) is 10.2 Å². The van der Waals surface area contributed by atoms with Gasteiger partial charge in [0.15, 0.2) is 5.11 Å². The molecule has 0 aromatic heterocycles. The van der Waals surface area contributed by atoms with Gasteiger partial charge in [-0.05, 0) is 36.8 Å². The van der Waals surface area contributed by atoms with E-state index in [1.807, 2.05) is 5.32 Å². The van der Waals surface area contributed by atoms with Crippen LogP contribution in [0.3, 0.4) is 0 Å². The van der Waals surface area contributed by atoms with E-state index in [-0.39, 0.29) is 6.54 Å². The van der Waals surface area contributed by atoms with Gasteiger partial charge in [-0.25, -0.2) is 0 Å². The zero-order chi connectivity index (χ0) is 16.3. The summed E-state index contributed by atoms with van der Waals surface area (Å²) in [7, 11) is 0. The number of rotatable bonds is 2. The van der Waals surface area contributed by atoms with Crippen molar-refractivity contribution < 1.29 is 18.0 Å². The van der Waals surface area contributed by atoms with Gasteiger partial charge in [-0.15, -0.1) is 0 Å². The Morgan fingerprint density at radius 1 is 1.41 bits per heavy atom. The number of halogens is 4. The number of likely N-dealkylation sites (tertiary alicyclic amines) is 1. The van der Waals surface area contributed by atoms with E-state index in [0.29, 0.717) is 28.8 Å². The fourth-order valence-electron chi connectivity index (χ4n) is 2.10. The van der Waals surface area contributed by atoms with Crippen LogP contribution >= 0.6 is 23.8 Å². The van der Waals surface area contributed by atoms with E-state index in [0.717, 1.165) is 0 Å². The third-order valence-corrected chi connectivity index (χ3v) is 3.74. The highest BCUT2D eigenvalue weighted by Crippen LogP contribution is 2.19. The minimum Gasteiger partial charge on any atom is -0.347 e. The lowest BCUT2D eigenvalue weighted by atomic mass is 10.2. The zero-order valence-corrected chi connectivity index (χ0v) is 12.9. The fourth-order valence-corrected chi connectivity index (χ4v) is 2.57. The van der Waals surface area contributed by atoms with Crippen molar-refractivity contribution in [2.45, 2.75) is 18.6 Å². The Bertz CT molecular complexity index is 582. The van der Waals surface area contributed by atoms with Crippen LogP contribution in [0.4, 0.5) is 18.9 Å². The molecule has 0 spiro atoms. The van der Waals surface area contributed by atoms with Crippen LogP contribution in [0.2, 0.25) is 5.02 Å². The number of carbonyl (C=O) groups excluding carboxylic acids is 1. The molecule has 1 aliphatic rings. The first-order valence-electron chi connectivity index (χ1n) is 6.45. The van der Waals surface area contributed by atoms with Crippen LogP contribution in [0.1, 0.15) is 6.42 Å². The van der Waals surface area contributed by atoms with E-state index in [2.05, 4.69) is 5.32 Å². The number of carbonyl (C=O) groups is 1. The Hall–Kier alpha value is -1.54. The van der Waals surface area contributed by atoms with Crippen molar-refractivity contribution in [3.8, 4) is 0 Å². The largest absolute Gasteiger partial charge is 0.471 e. The minimum atomic E-state index is -4.87. The van der Waals surface area contributed by atoms with E-state index < -0.39 is 18.1 Å². The van der Waals surface area contributed by atoms with Crippen molar-refractivity contribution in [3.05, 3.63) is 29.3 Å². The Balaban J connectivity index is 1.87. The molecule has 1 amide bonds. The van der Waals surface area contributed by atoms with E-state index in [9.17, 15) is 18.0 Å². The molecule has 1 aliphatic heterocycles. The van der Waals surface area contributed by atoms with Crippen molar-refractivity contribution in [1.29, 1.82) is 0 Å². The molecule has 0 radical (unpaired) electrons. The molecule has 0 bridgehead atoms. The highest BCUT2D eigenvalue weighted by Gasteiger charge is 2.40. The highest BCUT2D eigenvalue weighted by molar-refractivity contribution is 7.80. The lowest BCUT2D eigenvalue weighted by Gasteiger charge is -2.21. The number of nitrogens with zero attached hydrogens (tertiary/aromatic N) is 1. The third-order valence-electron chi connectivity index (χ3n) is 3.14. The number of hydrogen-bond donors (Lipinski definition) is 2. The van der Waals surface area contributed by atoms with Gasteiger partial charge >= 0.3 is 12.1 Å². The number of benzene rings is 1. The summed E-state index contributed by atoms with van der Waals surface area (Å²) in [6.07, 6.45) is -4.47. The second kappa shape index (κ2) is 6.70. The Labute approximate surface area is 135 Å². The SMILES string of the molecule is O=C(NC1CCN(C(=S)Nc2cccc(Cl)c2)C1)C(F)(F)F. The number of anilines is 1. The average molecular weight is 352 g/mol. The zero-order valence-electron chi connectivity index (χ0n) is 11.3. The molecule has 1 fully saturated rings. The standard InChI is InChI=1S/C13H13ClF3N3OS/c14-8-2-1-3-9(6-8)19-12(22)20-5-4-10(7-20)18-11(21)13(15,16)17/h1-3,6,10H,4-5,7H2,(H,18,21)(H,19,22). The molecule has 1 saturated heterocycles. The molecular weight excluding hydrogens is 339 g/mol. The molecule has 9 heteroatoms. The van der Waals surface area contributed by atoms with Crippen LogP contribution in [0.15, 0.2) is 24.3 Å². The first kappa shape index (κ1) is 16.8. The van der Waals surface area contributed by atoms with Crippen LogP contribution in [0, 0.1) is 0 Å². The van der Waals surface area contributed by atoms with Gasteiger partial charge < -0.3 is 15.5 Å². The monoisotopic (exact) mass is 351 g/mol. The van der Waals surface area contributed by atoms with Gasteiger partial charge in [0.05, 0.1) is 0 Å². The summed E-state index contributed by atoms with van der Waals surface area (Å²) in [5.41, 5.74) is 0.695. The van der Waals surface area contributed by atoms with Gasteiger partial charge in [0.1, 0.15) is 0 Å². The van der Waals surface area contributed by atoms with E-state index in [4.69, 9.17) is 23.8 Å². The highest BCUT2D eigenvalue weighted by atomic mass is 35.5. The smallest absolute Gasteiger partial charge is 0.347 e. The van der Waals surface area contributed by atoms with Crippen LogP contribution in [-0.4, -0.2) is 41.2 Å². The van der Waals surface area contributed by atoms with E-state index >= 15 is 0 Å². The number of thiocarbonyl (C=S) groups is 1. The molecule has 2 N–H and O–H groups in total. The molecular formula is C13H13ClF3N3OS. The number of hydrogen-bond acceptors (Lipinski definition) is 2. The van der Waals surface area contributed by atoms with Crippen molar-refractivity contribution in [3.63, 3.8) is 0 Å². The molecule has 1 unspecified atom stereocenters. The van der Waals surface area contributed by atoms with Crippen molar-refractivity contribution >= 4 is 40.5 Å². The molecule has 1 atom stereocenters. The second-order valence-electron chi connectivity index (χ2n) is 4.84. The minimum absolute atomic E-state index is 0.230. The molecule has 22 heavy (non-hydrogen) atoms. The molecule has 1 heterocycles. The first-order chi connectivity index (χ1) is 10.3. The maximum Gasteiger partial charge on any atom is 0.471 e. The number of nitrogens with one attached hydrogen (secondary N) is 2. The van der Waals surface area contributed by atoms with Gasteiger partial charge in [0, 0.05) is 29.8 Å². The lowest BCUT2D eigenvalue weighted by Crippen LogP contribution is -2.45. The summed E-state index contributed by atoms with van der Waals surface area (Å²) in [6, 6.07) is 6.36. The van der Waals surface area contributed by atoms with Crippen LogP contribution in [-0.2, 0) is 4.79 Å². The molecule has 0 aliphatic carbocycles. The lowest BCUT2D eigenvalue weighted by molar-refractivity contribution is -0.174. The summed E-state index contributed by atoms with van der Waals surface area (Å²) in [5, 5.41) is 5.86. The Morgan fingerprint density at radius 2 is 2.14 bits per heavy atom.